The maximum Gasteiger partial charge on any atom is 0.261 e. The van der Waals surface area contributed by atoms with Crippen molar-refractivity contribution in [3.63, 3.8) is 0 Å². The van der Waals surface area contributed by atoms with Crippen molar-refractivity contribution in [2.24, 2.45) is 0 Å². The van der Waals surface area contributed by atoms with Crippen LogP contribution in [0, 0.1) is 0 Å². The number of rotatable bonds is 10. The van der Waals surface area contributed by atoms with Crippen LogP contribution in [0.4, 0.5) is 0 Å². The van der Waals surface area contributed by atoms with Gasteiger partial charge in [-0.05, 0) is 61.7 Å². The molecule has 0 heterocycles. The van der Waals surface area contributed by atoms with Crippen molar-refractivity contribution in [3.8, 4) is 17.2 Å². The van der Waals surface area contributed by atoms with E-state index in [1.165, 1.54) is 6.42 Å². The first-order valence-electron chi connectivity index (χ1n) is 11.5. The van der Waals surface area contributed by atoms with Crippen molar-refractivity contribution < 1.29 is 23.8 Å². The summed E-state index contributed by atoms with van der Waals surface area (Å²) < 4.78 is 16.2. The lowest BCUT2D eigenvalue weighted by Crippen LogP contribution is -2.51. The van der Waals surface area contributed by atoms with Crippen LogP contribution in [0.25, 0.3) is 0 Å². The summed E-state index contributed by atoms with van der Waals surface area (Å²) >= 11 is 0. The molecule has 7 nitrogen and oxygen atoms in total. The van der Waals surface area contributed by atoms with E-state index in [2.05, 4.69) is 5.32 Å². The Morgan fingerprint density at radius 2 is 1.64 bits per heavy atom. The average molecular weight is 455 g/mol. The number of benzene rings is 2. The second-order valence-corrected chi connectivity index (χ2v) is 8.36. The molecule has 33 heavy (non-hydrogen) atoms. The molecule has 1 atom stereocenters. The van der Waals surface area contributed by atoms with E-state index in [0.717, 1.165) is 31.2 Å². The zero-order valence-electron chi connectivity index (χ0n) is 19.7. The van der Waals surface area contributed by atoms with Gasteiger partial charge in [0.25, 0.3) is 5.91 Å². The molecule has 0 aliphatic heterocycles. The molecule has 1 saturated carbocycles. The third kappa shape index (κ3) is 7.14. The summed E-state index contributed by atoms with van der Waals surface area (Å²) in [5.74, 6) is 1.57. The van der Waals surface area contributed by atoms with Gasteiger partial charge in [0.1, 0.15) is 23.3 Å². The summed E-state index contributed by atoms with van der Waals surface area (Å²) in [6.45, 7) is 1.88. The van der Waals surface area contributed by atoms with Gasteiger partial charge < -0.3 is 24.4 Å². The molecule has 2 amide bonds. The van der Waals surface area contributed by atoms with E-state index in [-0.39, 0.29) is 31.0 Å². The van der Waals surface area contributed by atoms with Crippen molar-refractivity contribution in [1.29, 1.82) is 0 Å². The number of carbonyl (C=O) groups is 2. The molecular formula is C26H34N2O5. The van der Waals surface area contributed by atoms with Crippen LogP contribution in [-0.2, 0) is 16.1 Å². The number of nitrogens with one attached hydrogen (secondary N) is 1. The number of hydrogen-bond donors (Lipinski definition) is 1. The molecule has 2 aromatic carbocycles. The fourth-order valence-corrected chi connectivity index (χ4v) is 4.02. The van der Waals surface area contributed by atoms with Gasteiger partial charge in [-0.3, -0.25) is 9.59 Å². The Hall–Kier alpha value is -3.22. The average Bonchev–Trinajstić information content (AvgIpc) is 2.86. The molecule has 0 spiro atoms. The predicted molar refractivity (Wildman–Crippen MR) is 127 cm³/mol. The number of ether oxygens (including phenoxy) is 3. The molecule has 1 aliphatic rings. The summed E-state index contributed by atoms with van der Waals surface area (Å²) in [6.07, 6.45) is 5.44. The Balaban J connectivity index is 1.70. The minimum absolute atomic E-state index is 0.136. The molecule has 3 rings (SSSR count). The zero-order chi connectivity index (χ0) is 23.6. The highest BCUT2D eigenvalue weighted by atomic mass is 16.5. The Morgan fingerprint density at radius 3 is 2.30 bits per heavy atom. The Kier molecular flexibility index (Phi) is 8.98. The second kappa shape index (κ2) is 12.1. The molecular weight excluding hydrogens is 420 g/mol. The van der Waals surface area contributed by atoms with E-state index >= 15 is 0 Å². The van der Waals surface area contributed by atoms with Crippen molar-refractivity contribution in [3.05, 3.63) is 54.1 Å². The molecule has 2 aromatic rings. The van der Waals surface area contributed by atoms with Crippen molar-refractivity contribution in [1.82, 2.24) is 10.2 Å². The molecule has 7 heteroatoms. The topological polar surface area (TPSA) is 77.1 Å². The quantitative estimate of drug-likeness (QED) is 0.588. The molecule has 1 N–H and O–H groups in total. The van der Waals surface area contributed by atoms with Gasteiger partial charge in [-0.25, -0.2) is 0 Å². The van der Waals surface area contributed by atoms with E-state index in [0.29, 0.717) is 17.2 Å². The van der Waals surface area contributed by atoms with Gasteiger partial charge in [0.15, 0.2) is 6.61 Å². The second-order valence-electron chi connectivity index (χ2n) is 8.36. The molecule has 0 saturated heterocycles. The Labute approximate surface area is 196 Å². The van der Waals surface area contributed by atoms with Crippen LogP contribution in [0.5, 0.6) is 17.2 Å². The molecule has 178 valence electrons. The largest absolute Gasteiger partial charge is 0.497 e. The van der Waals surface area contributed by atoms with Crippen LogP contribution in [-0.4, -0.2) is 49.6 Å². The number of nitrogens with zero attached hydrogens (tertiary/aromatic N) is 1. The lowest BCUT2D eigenvalue weighted by molar-refractivity contribution is -0.142. The first-order valence-corrected chi connectivity index (χ1v) is 11.5. The number of methoxy groups -OCH3 is 2. The minimum Gasteiger partial charge on any atom is -0.497 e. The van der Waals surface area contributed by atoms with Gasteiger partial charge in [-0.15, -0.1) is 0 Å². The number of carbonyl (C=O) groups excluding carboxylic acids is 2. The van der Waals surface area contributed by atoms with Gasteiger partial charge in [0.05, 0.1) is 14.2 Å². The van der Waals surface area contributed by atoms with Gasteiger partial charge in [-0.2, -0.15) is 0 Å². The van der Waals surface area contributed by atoms with Crippen LogP contribution in [0.15, 0.2) is 48.5 Å². The maximum atomic E-state index is 13.2. The molecule has 0 aromatic heterocycles. The Morgan fingerprint density at radius 1 is 0.970 bits per heavy atom. The molecule has 1 fully saturated rings. The van der Waals surface area contributed by atoms with E-state index in [1.807, 2.05) is 24.3 Å². The summed E-state index contributed by atoms with van der Waals surface area (Å²) in [4.78, 5) is 27.8. The van der Waals surface area contributed by atoms with E-state index in [1.54, 1.807) is 50.3 Å². The predicted octanol–water partition coefficient (Wildman–Crippen LogP) is 3.95. The van der Waals surface area contributed by atoms with Crippen molar-refractivity contribution in [2.75, 3.05) is 20.8 Å². The first kappa shape index (κ1) is 24.4. The van der Waals surface area contributed by atoms with E-state index in [9.17, 15) is 9.59 Å². The minimum atomic E-state index is -0.634. The lowest BCUT2D eigenvalue weighted by atomic mass is 9.95. The SMILES string of the molecule is COc1ccc(OCC(=O)N(Cc2cccc(OC)c2)[C@H](C)C(=O)NC2CCCCC2)cc1. The fraction of sp³-hybridized carbons (Fsp3) is 0.462. The van der Waals surface area contributed by atoms with E-state index in [4.69, 9.17) is 14.2 Å². The van der Waals surface area contributed by atoms with Gasteiger partial charge in [0, 0.05) is 12.6 Å². The van der Waals surface area contributed by atoms with Crippen LogP contribution >= 0.6 is 0 Å². The number of amides is 2. The summed E-state index contributed by atoms with van der Waals surface area (Å²) in [5, 5.41) is 3.14. The summed E-state index contributed by atoms with van der Waals surface area (Å²) in [5.41, 5.74) is 0.879. The monoisotopic (exact) mass is 454 g/mol. The lowest BCUT2D eigenvalue weighted by Gasteiger charge is -2.31. The molecule has 1 aliphatic carbocycles. The van der Waals surface area contributed by atoms with Crippen LogP contribution in [0.3, 0.4) is 0 Å². The Bertz CT molecular complexity index is 909. The maximum absolute atomic E-state index is 13.2. The fourth-order valence-electron chi connectivity index (χ4n) is 4.02. The molecule has 0 radical (unpaired) electrons. The van der Waals surface area contributed by atoms with Gasteiger partial charge >= 0.3 is 0 Å². The number of hydrogen-bond acceptors (Lipinski definition) is 5. The standard InChI is InChI=1S/C26H34N2O5/c1-19(26(30)27-21-9-5-4-6-10-21)28(17-20-8-7-11-24(16-20)32-3)25(29)18-33-23-14-12-22(31-2)13-15-23/h7-8,11-16,19,21H,4-6,9-10,17-18H2,1-3H3,(H,27,30)/t19-/m1/s1. The van der Waals surface area contributed by atoms with E-state index < -0.39 is 6.04 Å². The molecule has 0 unspecified atom stereocenters. The zero-order valence-corrected chi connectivity index (χ0v) is 19.7. The van der Waals surface area contributed by atoms with Gasteiger partial charge in [-0.1, -0.05) is 31.4 Å². The van der Waals surface area contributed by atoms with Crippen molar-refractivity contribution >= 4 is 11.8 Å². The van der Waals surface area contributed by atoms with Crippen LogP contribution < -0.4 is 19.5 Å². The smallest absolute Gasteiger partial charge is 0.261 e. The van der Waals surface area contributed by atoms with Crippen LogP contribution in [0.2, 0.25) is 0 Å². The van der Waals surface area contributed by atoms with Crippen LogP contribution in [0.1, 0.15) is 44.6 Å². The van der Waals surface area contributed by atoms with Gasteiger partial charge in [0.2, 0.25) is 5.91 Å². The highest BCUT2D eigenvalue weighted by Gasteiger charge is 2.28. The third-order valence-electron chi connectivity index (χ3n) is 6.03. The summed E-state index contributed by atoms with van der Waals surface area (Å²) in [6, 6.07) is 14.1. The normalized spacial score (nSPS) is 14.8. The summed E-state index contributed by atoms with van der Waals surface area (Å²) in [7, 11) is 3.20. The molecule has 0 bridgehead atoms. The highest BCUT2D eigenvalue weighted by Crippen LogP contribution is 2.20. The first-order chi connectivity index (χ1) is 16.0. The third-order valence-corrected chi connectivity index (χ3v) is 6.03. The van der Waals surface area contributed by atoms with Crippen molar-refractivity contribution in [2.45, 2.75) is 57.7 Å². The highest BCUT2D eigenvalue weighted by molar-refractivity contribution is 5.88.